The number of aromatic nitrogens is 2. The summed E-state index contributed by atoms with van der Waals surface area (Å²) < 4.78 is 38.3. The predicted molar refractivity (Wildman–Crippen MR) is 83.4 cm³/mol. The molecule has 2 aromatic heterocycles. The highest BCUT2D eigenvalue weighted by Gasteiger charge is 2.17. The summed E-state index contributed by atoms with van der Waals surface area (Å²) in [5.41, 5.74) is 0.839. The van der Waals surface area contributed by atoms with Gasteiger partial charge in [0.2, 0.25) is 5.13 Å². The number of anilines is 1. The van der Waals surface area contributed by atoms with Crippen LogP contribution in [0.5, 0.6) is 5.75 Å². The molecule has 0 bridgehead atoms. The van der Waals surface area contributed by atoms with Crippen molar-refractivity contribution in [3.63, 3.8) is 0 Å². The van der Waals surface area contributed by atoms with E-state index in [9.17, 15) is 13.6 Å². The van der Waals surface area contributed by atoms with Crippen molar-refractivity contribution >= 4 is 22.6 Å². The SMILES string of the molecule is Cc1oc(-c2cccc(OC(F)F)c2)cc1C(=O)Nc1ncns1. The van der Waals surface area contributed by atoms with Gasteiger partial charge in [-0.15, -0.1) is 0 Å². The van der Waals surface area contributed by atoms with Crippen molar-refractivity contribution in [2.75, 3.05) is 5.32 Å². The third kappa shape index (κ3) is 3.57. The number of hydrogen-bond acceptors (Lipinski definition) is 6. The standard InChI is InChI=1S/C15H11F2N3O3S/c1-8-11(13(21)20-15-18-7-19-24-15)6-12(22-8)9-3-2-4-10(5-9)23-14(16)17/h2-7,14H,1H3,(H,18,19,20,21). The molecule has 0 saturated carbocycles. The van der Waals surface area contributed by atoms with Crippen LogP contribution < -0.4 is 10.1 Å². The van der Waals surface area contributed by atoms with Crippen LogP contribution in [0.1, 0.15) is 16.1 Å². The molecule has 0 fully saturated rings. The molecule has 1 aromatic carbocycles. The number of alkyl halides is 2. The molecule has 6 nitrogen and oxygen atoms in total. The maximum Gasteiger partial charge on any atom is 0.387 e. The Morgan fingerprint density at radius 2 is 2.21 bits per heavy atom. The zero-order valence-electron chi connectivity index (χ0n) is 12.3. The van der Waals surface area contributed by atoms with Crippen LogP contribution in [-0.2, 0) is 0 Å². The zero-order valence-corrected chi connectivity index (χ0v) is 13.1. The second-order valence-corrected chi connectivity index (χ2v) is 5.47. The van der Waals surface area contributed by atoms with Crippen molar-refractivity contribution in [1.82, 2.24) is 9.36 Å². The number of benzene rings is 1. The molecule has 0 saturated heterocycles. The van der Waals surface area contributed by atoms with Crippen LogP contribution in [-0.4, -0.2) is 21.9 Å². The van der Waals surface area contributed by atoms with Crippen LogP contribution in [0, 0.1) is 6.92 Å². The van der Waals surface area contributed by atoms with E-state index in [1.807, 2.05) is 0 Å². The van der Waals surface area contributed by atoms with E-state index >= 15 is 0 Å². The van der Waals surface area contributed by atoms with Crippen molar-refractivity contribution in [1.29, 1.82) is 0 Å². The van der Waals surface area contributed by atoms with Gasteiger partial charge in [0.25, 0.3) is 5.91 Å². The number of amides is 1. The Morgan fingerprint density at radius 1 is 1.38 bits per heavy atom. The summed E-state index contributed by atoms with van der Waals surface area (Å²) in [6.07, 6.45) is 1.34. The lowest BCUT2D eigenvalue weighted by molar-refractivity contribution is -0.0498. The van der Waals surface area contributed by atoms with Crippen LogP contribution in [0.15, 0.2) is 41.1 Å². The molecule has 0 aliphatic rings. The number of hydrogen-bond donors (Lipinski definition) is 1. The van der Waals surface area contributed by atoms with Crippen LogP contribution in [0.3, 0.4) is 0 Å². The summed E-state index contributed by atoms with van der Waals surface area (Å²) in [6, 6.07) is 7.59. The summed E-state index contributed by atoms with van der Waals surface area (Å²) in [4.78, 5) is 16.1. The minimum absolute atomic E-state index is 0.0106. The van der Waals surface area contributed by atoms with Crippen LogP contribution in [0.25, 0.3) is 11.3 Å². The van der Waals surface area contributed by atoms with Crippen LogP contribution in [0.4, 0.5) is 13.9 Å². The van der Waals surface area contributed by atoms with Gasteiger partial charge in [0.05, 0.1) is 5.56 Å². The van der Waals surface area contributed by atoms with Crippen molar-refractivity contribution < 1.29 is 22.7 Å². The number of carbonyl (C=O) groups excluding carboxylic acids is 1. The average molecular weight is 351 g/mol. The topological polar surface area (TPSA) is 77.2 Å². The van der Waals surface area contributed by atoms with E-state index in [2.05, 4.69) is 19.4 Å². The Labute approximate surface area is 139 Å². The Balaban J connectivity index is 1.84. The molecule has 1 N–H and O–H groups in total. The second-order valence-electron chi connectivity index (χ2n) is 4.69. The van der Waals surface area contributed by atoms with Gasteiger partial charge in [0.1, 0.15) is 23.6 Å². The van der Waals surface area contributed by atoms with E-state index in [-0.39, 0.29) is 11.7 Å². The highest BCUT2D eigenvalue weighted by molar-refractivity contribution is 7.09. The maximum atomic E-state index is 12.3. The summed E-state index contributed by atoms with van der Waals surface area (Å²) in [7, 11) is 0. The van der Waals surface area contributed by atoms with E-state index in [4.69, 9.17) is 4.42 Å². The fourth-order valence-corrected chi connectivity index (χ4v) is 2.49. The molecule has 0 radical (unpaired) electrons. The van der Waals surface area contributed by atoms with Crippen molar-refractivity contribution in [3.05, 3.63) is 48.0 Å². The van der Waals surface area contributed by atoms with E-state index in [1.54, 1.807) is 19.1 Å². The van der Waals surface area contributed by atoms with Gasteiger partial charge in [-0.05, 0) is 25.1 Å². The molecule has 2 heterocycles. The molecular formula is C15H11F2N3O3S. The highest BCUT2D eigenvalue weighted by Crippen LogP contribution is 2.29. The molecule has 0 aliphatic carbocycles. The summed E-state index contributed by atoms with van der Waals surface area (Å²) in [5, 5.41) is 2.97. The fourth-order valence-electron chi connectivity index (χ4n) is 2.07. The number of aryl methyl sites for hydroxylation is 1. The molecule has 9 heteroatoms. The van der Waals surface area contributed by atoms with Gasteiger partial charge >= 0.3 is 6.61 Å². The third-order valence-corrected chi connectivity index (χ3v) is 3.67. The van der Waals surface area contributed by atoms with Gasteiger partial charge in [-0.2, -0.15) is 13.2 Å². The molecule has 0 atom stereocenters. The molecule has 0 spiro atoms. The maximum absolute atomic E-state index is 12.3. The van der Waals surface area contributed by atoms with Gasteiger partial charge in [-0.3, -0.25) is 10.1 Å². The zero-order chi connectivity index (χ0) is 17.1. The van der Waals surface area contributed by atoms with Gasteiger partial charge < -0.3 is 9.15 Å². The molecule has 3 aromatic rings. The lowest BCUT2D eigenvalue weighted by atomic mass is 10.1. The highest BCUT2D eigenvalue weighted by atomic mass is 32.1. The van der Waals surface area contributed by atoms with Gasteiger partial charge in [0, 0.05) is 17.1 Å². The first-order valence-electron chi connectivity index (χ1n) is 6.76. The van der Waals surface area contributed by atoms with E-state index in [0.717, 1.165) is 11.5 Å². The Bertz CT molecular complexity index is 850. The second kappa shape index (κ2) is 6.75. The quantitative estimate of drug-likeness (QED) is 0.753. The average Bonchev–Trinajstić information content (AvgIpc) is 3.16. The first kappa shape index (κ1) is 16.1. The summed E-state index contributed by atoms with van der Waals surface area (Å²) >= 11 is 1.05. The van der Waals surface area contributed by atoms with Gasteiger partial charge in [0.15, 0.2) is 0 Å². The largest absolute Gasteiger partial charge is 0.461 e. The monoisotopic (exact) mass is 351 g/mol. The molecule has 0 unspecified atom stereocenters. The van der Waals surface area contributed by atoms with Crippen LogP contribution >= 0.6 is 11.5 Å². The number of nitrogens with zero attached hydrogens (tertiary/aromatic N) is 2. The predicted octanol–water partition coefficient (Wildman–Crippen LogP) is 3.96. The summed E-state index contributed by atoms with van der Waals surface area (Å²) in [5.74, 6) is 0.387. The lowest BCUT2D eigenvalue weighted by Gasteiger charge is -2.05. The number of nitrogens with one attached hydrogen (secondary N) is 1. The van der Waals surface area contributed by atoms with Crippen molar-refractivity contribution in [3.8, 4) is 17.1 Å². The first-order chi connectivity index (χ1) is 11.5. The van der Waals surface area contributed by atoms with E-state index in [1.165, 1.54) is 24.5 Å². The third-order valence-electron chi connectivity index (χ3n) is 3.09. The molecule has 1 amide bonds. The molecular weight excluding hydrogens is 340 g/mol. The molecule has 24 heavy (non-hydrogen) atoms. The Hall–Kier alpha value is -2.81. The number of ether oxygens (including phenoxy) is 1. The van der Waals surface area contributed by atoms with Crippen molar-refractivity contribution in [2.24, 2.45) is 0 Å². The molecule has 124 valence electrons. The minimum atomic E-state index is -2.91. The first-order valence-corrected chi connectivity index (χ1v) is 7.54. The number of halogens is 2. The smallest absolute Gasteiger partial charge is 0.387 e. The fraction of sp³-hybridized carbons (Fsp3) is 0.133. The number of furan rings is 1. The Kier molecular flexibility index (Phi) is 4.52. The summed E-state index contributed by atoms with van der Waals surface area (Å²) in [6.45, 7) is -1.27. The van der Waals surface area contributed by atoms with Gasteiger partial charge in [-0.25, -0.2) is 4.98 Å². The minimum Gasteiger partial charge on any atom is -0.461 e. The molecule has 3 rings (SSSR count). The number of carbonyl (C=O) groups is 1. The molecule has 0 aliphatic heterocycles. The van der Waals surface area contributed by atoms with E-state index in [0.29, 0.717) is 27.8 Å². The normalized spacial score (nSPS) is 10.8. The number of rotatable bonds is 5. The van der Waals surface area contributed by atoms with Crippen molar-refractivity contribution in [2.45, 2.75) is 13.5 Å². The Morgan fingerprint density at radius 3 is 2.92 bits per heavy atom. The van der Waals surface area contributed by atoms with Gasteiger partial charge in [-0.1, -0.05) is 12.1 Å². The van der Waals surface area contributed by atoms with Crippen LogP contribution in [0.2, 0.25) is 0 Å². The lowest BCUT2D eigenvalue weighted by Crippen LogP contribution is -2.11. The van der Waals surface area contributed by atoms with E-state index < -0.39 is 6.61 Å².